The van der Waals surface area contributed by atoms with E-state index in [9.17, 15) is 19.2 Å². The number of hydrogen-bond donors (Lipinski definition) is 0. The summed E-state index contributed by atoms with van der Waals surface area (Å²) >= 11 is 0. The second-order valence-corrected chi connectivity index (χ2v) is 12.4. The summed E-state index contributed by atoms with van der Waals surface area (Å²) in [4.78, 5) is 48.4. The number of carbonyl (C=O) groups is 4. The van der Waals surface area contributed by atoms with E-state index in [4.69, 9.17) is 18.9 Å². The molecule has 0 amide bonds. The van der Waals surface area contributed by atoms with Crippen molar-refractivity contribution < 1.29 is 38.1 Å². The molecule has 0 atom stereocenters. The summed E-state index contributed by atoms with van der Waals surface area (Å²) in [6.45, 7) is 17.7. The fraction of sp³-hybridized carbons (Fsp3) is 0.556. The summed E-state index contributed by atoms with van der Waals surface area (Å²) in [7, 11) is 0. The van der Waals surface area contributed by atoms with E-state index < -0.39 is 23.9 Å². The Labute approximate surface area is 263 Å². The summed E-state index contributed by atoms with van der Waals surface area (Å²) < 4.78 is 20.9. The molecule has 2 aromatic carbocycles. The number of esters is 4. The molecule has 0 radical (unpaired) electrons. The van der Waals surface area contributed by atoms with E-state index in [1.807, 2.05) is 27.7 Å². The molecule has 244 valence electrons. The highest BCUT2D eigenvalue weighted by atomic mass is 16.5. The van der Waals surface area contributed by atoms with Gasteiger partial charge in [-0.3, -0.25) is 0 Å². The molecule has 0 aliphatic rings. The fourth-order valence-corrected chi connectivity index (χ4v) is 3.79. The van der Waals surface area contributed by atoms with Crippen LogP contribution >= 0.6 is 0 Å². The highest BCUT2D eigenvalue weighted by molar-refractivity contribution is 6.03. The molecule has 2 rings (SSSR count). The van der Waals surface area contributed by atoms with Gasteiger partial charge in [0, 0.05) is 0 Å². The number of ether oxygens (including phenoxy) is 4. The first-order valence-corrected chi connectivity index (χ1v) is 15.7. The summed E-state index contributed by atoms with van der Waals surface area (Å²) in [6, 6.07) is 13.2. The molecule has 8 heteroatoms. The van der Waals surface area contributed by atoms with Gasteiger partial charge in [-0.25, -0.2) is 19.2 Å². The highest BCUT2D eigenvalue weighted by Crippen LogP contribution is 2.15. The molecule has 0 aromatic heterocycles. The van der Waals surface area contributed by atoms with Gasteiger partial charge in [0.05, 0.1) is 48.7 Å². The molecular formula is C36H52O8. The van der Waals surface area contributed by atoms with E-state index in [0.717, 1.165) is 25.7 Å². The summed E-state index contributed by atoms with van der Waals surface area (Å²) in [5, 5.41) is 0. The minimum absolute atomic E-state index is 0.249. The number of carbonyl (C=O) groups excluding carboxylic acids is 4. The molecule has 0 spiro atoms. The van der Waals surface area contributed by atoms with E-state index in [0.29, 0.717) is 38.3 Å². The van der Waals surface area contributed by atoms with Crippen molar-refractivity contribution in [2.45, 2.75) is 81.1 Å². The topological polar surface area (TPSA) is 105 Å². The van der Waals surface area contributed by atoms with Crippen molar-refractivity contribution in [2.75, 3.05) is 26.4 Å². The van der Waals surface area contributed by atoms with Crippen molar-refractivity contribution in [3.63, 3.8) is 0 Å². The van der Waals surface area contributed by atoms with Crippen LogP contribution in [0.4, 0.5) is 0 Å². The Morgan fingerprint density at radius 2 is 0.727 bits per heavy atom. The lowest BCUT2D eigenvalue weighted by Crippen LogP contribution is -2.17. The van der Waals surface area contributed by atoms with Crippen LogP contribution in [0.2, 0.25) is 0 Å². The van der Waals surface area contributed by atoms with Gasteiger partial charge in [-0.15, -0.1) is 0 Å². The minimum atomic E-state index is -0.490. The third kappa shape index (κ3) is 15.7. The summed E-state index contributed by atoms with van der Waals surface area (Å²) in [5.41, 5.74) is 1.05. The molecule has 0 fully saturated rings. The van der Waals surface area contributed by atoms with Crippen LogP contribution in [0, 0.1) is 23.7 Å². The van der Waals surface area contributed by atoms with Crippen LogP contribution in [0.5, 0.6) is 0 Å². The molecule has 0 N–H and O–H groups in total. The van der Waals surface area contributed by atoms with Gasteiger partial charge in [0.25, 0.3) is 0 Å². The maximum absolute atomic E-state index is 12.2. The van der Waals surface area contributed by atoms with Gasteiger partial charge in [0.15, 0.2) is 0 Å². The molecule has 8 nitrogen and oxygen atoms in total. The van der Waals surface area contributed by atoms with Crippen LogP contribution in [-0.2, 0) is 18.9 Å². The third-order valence-electron chi connectivity index (χ3n) is 6.15. The fourth-order valence-electron chi connectivity index (χ4n) is 3.79. The number of benzene rings is 2. The Morgan fingerprint density at radius 1 is 0.455 bits per heavy atom. The molecule has 0 saturated heterocycles. The van der Waals surface area contributed by atoms with Crippen LogP contribution in [-0.4, -0.2) is 50.3 Å². The lowest BCUT2D eigenvalue weighted by molar-refractivity contribution is 0.0412. The lowest BCUT2D eigenvalue weighted by Gasteiger charge is -2.11. The van der Waals surface area contributed by atoms with Crippen LogP contribution in [0.25, 0.3) is 0 Å². The Morgan fingerprint density at radius 3 is 0.977 bits per heavy atom. The van der Waals surface area contributed by atoms with Crippen molar-refractivity contribution >= 4 is 23.9 Å². The van der Waals surface area contributed by atoms with Gasteiger partial charge in [0.2, 0.25) is 0 Å². The van der Waals surface area contributed by atoms with Crippen molar-refractivity contribution in [1.29, 1.82) is 0 Å². The molecule has 0 saturated carbocycles. The van der Waals surface area contributed by atoms with E-state index in [2.05, 4.69) is 27.7 Å². The third-order valence-corrected chi connectivity index (χ3v) is 6.15. The molecular weight excluding hydrogens is 560 g/mol. The first-order valence-electron chi connectivity index (χ1n) is 15.7. The lowest BCUT2D eigenvalue weighted by atomic mass is 10.1. The molecule has 0 heterocycles. The molecule has 0 aliphatic heterocycles. The quantitative estimate of drug-likeness (QED) is 0.106. The Kier molecular flexibility index (Phi) is 18.4. The van der Waals surface area contributed by atoms with Gasteiger partial charge in [-0.1, -0.05) is 79.7 Å². The van der Waals surface area contributed by atoms with Crippen molar-refractivity contribution in [2.24, 2.45) is 23.7 Å². The number of hydrogen-bond acceptors (Lipinski definition) is 8. The largest absolute Gasteiger partial charge is 0.462 e. The van der Waals surface area contributed by atoms with Gasteiger partial charge in [0.1, 0.15) is 0 Å². The van der Waals surface area contributed by atoms with Crippen LogP contribution < -0.4 is 0 Å². The SMILES string of the molecule is CC(C)CCCOC(=O)c1ccccc1C(=O)OCCCC(C)C.CC(C)COC(=O)c1ccccc1C(=O)OCC(C)C. The minimum Gasteiger partial charge on any atom is -0.462 e. The zero-order valence-electron chi connectivity index (χ0n) is 27.9. The summed E-state index contributed by atoms with van der Waals surface area (Å²) in [6.07, 6.45) is 3.66. The number of rotatable bonds is 16. The normalized spacial score (nSPS) is 10.8. The second kappa shape index (κ2) is 21.1. The van der Waals surface area contributed by atoms with Crippen molar-refractivity contribution in [1.82, 2.24) is 0 Å². The van der Waals surface area contributed by atoms with Crippen molar-refractivity contribution in [3.8, 4) is 0 Å². The molecule has 0 unspecified atom stereocenters. The molecule has 2 aromatic rings. The second-order valence-electron chi connectivity index (χ2n) is 12.4. The molecule has 44 heavy (non-hydrogen) atoms. The Hall–Kier alpha value is -3.68. The monoisotopic (exact) mass is 612 g/mol. The molecule has 0 bridgehead atoms. The first kappa shape index (κ1) is 38.3. The van der Waals surface area contributed by atoms with Crippen LogP contribution in [0.3, 0.4) is 0 Å². The standard InChI is InChI=1S/C20H30O4.C16H22O4/c1-15(2)9-7-13-23-19(21)17-11-5-6-12-18(17)20(22)24-14-8-10-16(3)4;1-11(2)9-19-15(17)13-7-5-6-8-14(13)16(18)20-10-12(3)4/h5-6,11-12,15-16H,7-10,13-14H2,1-4H3;5-8,11-12H,9-10H2,1-4H3. The van der Waals surface area contributed by atoms with Gasteiger partial charge in [-0.05, 0) is 73.6 Å². The first-order chi connectivity index (χ1) is 20.8. The van der Waals surface area contributed by atoms with E-state index in [-0.39, 0.29) is 34.1 Å². The van der Waals surface area contributed by atoms with Crippen LogP contribution in [0.1, 0.15) is 123 Å². The van der Waals surface area contributed by atoms with Crippen molar-refractivity contribution in [3.05, 3.63) is 70.8 Å². The van der Waals surface area contributed by atoms with Gasteiger partial charge >= 0.3 is 23.9 Å². The average Bonchev–Trinajstić information content (AvgIpc) is 2.98. The van der Waals surface area contributed by atoms with E-state index >= 15 is 0 Å². The van der Waals surface area contributed by atoms with Crippen LogP contribution in [0.15, 0.2) is 48.5 Å². The predicted molar refractivity (Wildman–Crippen MR) is 172 cm³/mol. The zero-order valence-corrected chi connectivity index (χ0v) is 27.9. The van der Waals surface area contributed by atoms with Gasteiger partial charge < -0.3 is 18.9 Å². The Bertz CT molecular complexity index is 1080. The zero-order chi connectivity index (χ0) is 33.1. The smallest absolute Gasteiger partial charge is 0.339 e. The van der Waals surface area contributed by atoms with E-state index in [1.165, 1.54) is 0 Å². The van der Waals surface area contributed by atoms with Gasteiger partial charge in [-0.2, -0.15) is 0 Å². The van der Waals surface area contributed by atoms with E-state index in [1.54, 1.807) is 48.5 Å². The highest BCUT2D eigenvalue weighted by Gasteiger charge is 2.20. The maximum atomic E-state index is 12.2. The predicted octanol–water partition coefficient (Wildman–Crippen LogP) is 8.18. The summed E-state index contributed by atoms with van der Waals surface area (Å²) in [5.74, 6) is -0.250. The average molecular weight is 613 g/mol. The molecule has 0 aliphatic carbocycles. The maximum Gasteiger partial charge on any atom is 0.339 e. The Balaban J connectivity index is 0.000000447.